The van der Waals surface area contributed by atoms with Gasteiger partial charge in [-0.3, -0.25) is 4.99 Å². The highest BCUT2D eigenvalue weighted by Crippen LogP contribution is 2.08. The van der Waals surface area contributed by atoms with Gasteiger partial charge in [-0.15, -0.1) is 0 Å². The highest BCUT2D eigenvalue weighted by Gasteiger charge is 1.96. The third kappa shape index (κ3) is 4.46. The van der Waals surface area contributed by atoms with Crippen molar-refractivity contribution in [3.63, 3.8) is 0 Å². The second-order valence-corrected chi connectivity index (χ2v) is 2.98. The molecule has 4 nitrogen and oxygen atoms in total. The van der Waals surface area contributed by atoms with E-state index in [4.69, 9.17) is 10.6 Å². The molecule has 0 radical (unpaired) electrons. The Hall–Kier alpha value is -1.55. The average molecular weight is 207 g/mol. The van der Waals surface area contributed by atoms with Crippen molar-refractivity contribution in [1.29, 1.82) is 0 Å². The molecule has 0 aliphatic heterocycles. The Morgan fingerprint density at radius 2 is 2.13 bits per heavy atom. The first-order chi connectivity index (χ1) is 7.36. The number of para-hydroxylation sites is 1. The van der Waals surface area contributed by atoms with E-state index in [-0.39, 0.29) is 0 Å². The van der Waals surface area contributed by atoms with Gasteiger partial charge in [-0.25, -0.2) is 5.84 Å². The predicted octanol–water partition coefficient (Wildman–Crippen LogP) is 1.34. The second kappa shape index (κ2) is 6.84. The molecule has 0 saturated carbocycles. The Morgan fingerprint density at radius 3 is 2.73 bits per heavy atom. The van der Waals surface area contributed by atoms with Crippen LogP contribution in [0.3, 0.4) is 0 Å². The van der Waals surface area contributed by atoms with Crippen LogP contribution in [0.15, 0.2) is 35.3 Å². The summed E-state index contributed by atoms with van der Waals surface area (Å²) in [4.78, 5) is 4.17. The molecule has 1 aromatic carbocycles. The zero-order valence-electron chi connectivity index (χ0n) is 8.94. The number of hydrazine groups is 1. The summed E-state index contributed by atoms with van der Waals surface area (Å²) in [5, 5.41) is 0. The first kappa shape index (κ1) is 11.5. The van der Waals surface area contributed by atoms with Gasteiger partial charge in [0.05, 0.1) is 6.61 Å². The summed E-state index contributed by atoms with van der Waals surface area (Å²) in [7, 11) is 0. The Bertz CT molecular complexity index is 298. The number of nitrogens with one attached hydrogen (secondary N) is 1. The van der Waals surface area contributed by atoms with E-state index in [0.717, 1.165) is 18.1 Å². The van der Waals surface area contributed by atoms with Crippen LogP contribution in [0, 0.1) is 0 Å². The van der Waals surface area contributed by atoms with Crippen LogP contribution in [0.5, 0.6) is 5.75 Å². The molecule has 1 aromatic rings. The summed E-state index contributed by atoms with van der Waals surface area (Å²) in [5.41, 5.74) is 2.56. The largest absolute Gasteiger partial charge is 0.493 e. The van der Waals surface area contributed by atoms with E-state index in [0.29, 0.717) is 13.0 Å². The topological polar surface area (TPSA) is 59.6 Å². The van der Waals surface area contributed by atoms with Crippen molar-refractivity contribution in [3.8, 4) is 5.75 Å². The van der Waals surface area contributed by atoms with E-state index in [1.54, 1.807) is 0 Å². The van der Waals surface area contributed by atoms with Crippen LogP contribution in [0.4, 0.5) is 0 Å². The number of hydrogen-bond donors (Lipinski definition) is 2. The summed E-state index contributed by atoms with van der Waals surface area (Å²) in [6.07, 6.45) is 0.694. The van der Waals surface area contributed by atoms with Crippen LogP contribution in [0.25, 0.3) is 0 Å². The summed E-state index contributed by atoms with van der Waals surface area (Å²) in [6, 6.07) is 9.69. The zero-order chi connectivity index (χ0) is 10.9. The maximum absolute atomic E-state index is 5.51. The molecule has 4 heteroatoms. The van der Waals surface area contributed by atoms with Crippen LogP contribution in [0.2, 0.25) is 0 Å². The van der Waals surface area contributed by atoms with Gasteiger partial charge in [-0.2, -0.15) is 0 Å². The van der Waals surface area contributed by atoms with Crippen molar-refractivity contribution in [3.05, 3.63) is 30.3 Å². The van der Waals surface area contributed by atoms with Crippen LogP contribution in [-0.2, 0) is 0 Å². The SMILES string of the molecule is CCN=C(CCOc1ccccc1)NN. The van der Waals surface area contributed by atoms with Gasteiger partial charge >= 0.3 is 0 Å². The molecule has 0 saturated heterocycles. The smallest absolute Gasteiger partial charge is 0.119 e. The number of benzene rings is 1. The molecular formula is C11H17N3O. The van der Waals surface area contributed by atoms with Gasteiger partial charge in [0.25, 0.3) is 0 Å². The molecule has 0 bridgehead atoms. The molecule has 0 spiro atoms. The van der Waals surface area contributed by atoms with Crippen molar-refractivity contribution in [2.75, 3.05) is 13.2 Å². The highest BCUT2D eigenvalue weighted by atomic mass is 16.5. The number of nitrogens with zero attached hydrogens (tertiary/aromatic N) is 1. The molecule has 0 unspecified atom stereocenters. The molecule has 82 valence electrons. The minimum Gasteiger partial charge on any atom is -0.493 e. The molecule has 15 heavy (non-hydrogen) atoms. The Kier molecular flexibility index (Phi) is 5.25. The number of ether oxygens (including phenoxy) is 1. The molecule has 0 aliphatic carbocycles. The quantitative estimate of drug-likeness (QED) is 0.331. The van der Waals surface area contributed by atoms with E-state index >= 15 is 0 Å². The van der Waals surface area contributed by atoms with Crippen LogP contribution >= 0.6 is 0 Å². The van der Waals surface area contributed by atoms with E-state index in [9.17, 15) is 0 Å². The van der Waals surface area contributed by atoms with Crippen LogP contribution in [0.1, 0.15) is 13.3 Å². The minimum absolute atomic E-state index is 0.576. The van der Waals surface area contributed by atoms with Gasteiger partial charge in [0, 0.05) is 13.0 Å². The fourth-order valence-electron chi connectivity index (χ4n) is 1.17. The third-order valence-electron chi connectivity index (χ3n) is 1.87. The molecule has 0 aromatic heterocycles. The lowest BCUT2D eigenvalue weighted by atomic mass is 10.3. The standard InChI is InChI=1S/C11H17N3O/c1-2-13-11(14-12)8-9-15-10-6-4-3-5-7-10/h3-7H,2,8-9,12H2,1H3,(H,13,14). The van der Waals surface area contributed by atoms with Crippen molar-refractivity contribution in [2.45, 2.75) is 13.3 Å². The predicted molar refractivity (Wildman–Crippen MR) is 61.9 cm³/mol. The maximum atomic E-state index is 5.51. The highest BCUT2D eigenvalue weighted by molar-refractivity contribution is 5.81. The van der Waals surface area contributed by atoms with Gasteiger partial charge < -0.3 is 10.2 Å². The fourth-order valence-corrected chi connectivity index (χ4v) is 1.17. The monoisotopic (exact) mass is 207 g/mol. The molecule has 0 amide bonds. The van der Waals surface area contributed by atoms with Gasteiger partial charge in [-0.05, 0) is 19.1 Å². The van der Waals surface area contributed by atoms with Crippen molar-refractivity contribution >= 4 is 5.84 Å². The Balaban J connectivity index is 2.30. The van der Waals surface area contributed by atoms with Crippen molar-refractivity contribution in [1.82, 2.24) is 5.43 Å². The van der Waals surface area contributed by atoms with Crippen molar-refractivity contribution < 1.29 is 4.74 Å². The number of aliphatic imine (C=N–C) groups is 1. The van der Waals surface area contributed by atoms with E-state index in [1.807, 2.05) is 37.3 Å². The Morgan fingerprint density at radius 1 is 1.40 bits per heavy atom. The summed E-state index contributed by atoms with van der Waals surface area (Å²) in [5.74, 6) is 6.94. The van der Waals surface area contributed by atoms with Crippen LogP contribution in [-0.4, -0.2) is 19.0 Å². The number of rotatable bonds is 5. The van der Waals surface area contributed by atoms with E-state index in [1.165, 1.54) is 0 Å². The van der Waals surface area contributed by atoms with Gasteiger partial charge in [0.2, 0.25) is 0 Å². The van der Waals surface area contributed by atoms with Crippen LogP contribution < -0.4 is 16.0 Å². The molecule has 1 rings (SSSR count). The molecule has 0 aliphatic rings. The molecular weight excluding hydrogens is 190 g/mol. The lowest BCUT2D eigenvalue weighted by molar-refractivity contribution is 0.328. The number of hydrogen-bond acceptors (Lipinski definition) is 3. The van der Waals surface area contributed by atoms with Crippen molar-refractivity contribution in [2.24, 2.45) is 10.8 Å². The lowest BCUT2D eigenvalue weighted by Crippen LogP contribution is -2.31. The molecule has 0 heterocycles. The van der Waals surface area contributed by atoms with Gasteiger partial charge in [0.15, 0.2) is 0 Å². The molecule has 0 fully saturated rings. The van der Waals surface area contributed by atoms with Gasteiger partial charge in [-0.1, -0.05) is 18.2 Å². The van der Waals surface area contributed by atoms with E-state index in [2.05, 4.69) is 10.4 Å². The zero-order valence-corrected chi connectivity index (χ0v) is 8.94. The third-order valence-corrected chi connectivity index (χ3v) is 1.87. The first-order valence-electron chi connectivity index (χ1n) is 5.04. The van der Waals surface area contributed by atoms with E-state index < -0.39 is 0 Å². The lowest BCUT2D eigenvalue weighted by Gasteiger charge is -2.07. The molecule has 0 atom stereocenters. The average Bonchev–Trinajstić information content (AvgIpc) is 2.29. The minimum atomic E-state index is 0.576. The van der Waals surface area contributed by atoms with Gasteiger partial charge in [0.1, 0.15) is 11.6 Å². The maximum Gasteiger partial charge on any atom is 0.119 e. The summed E-state index contributed by atoms with van der Waals surface area (Å²) < 4.78 is 5.51. The normalized spacial score (nSPS) is 11.2. The second-order valence-electron chi connectivity index (χ2n) is 2.98. The first-order valence-corrected chi connectivity index (χ1v) is 5.04. The number of amidine groups is 1. The Labute approximate surface area is 90.1 Å². The summed E-state index contributed by atoms with van der Waals surface area (Å²) in [6.45, 7) is 3.27. The number of nitrogens with two attached hydrogens (primary N) is 1. The fraction of sp³-hybridized carbons (Fsp3) is 0.364. The molecule has 3 N–H and O–H groups in total. The summed E-state index contributed by atoms with van der Waals surface area (Å²) >= 11 is 0.